The molecule has 0 bridgehead atoms. The lowest BCUT2D eigenvalue weighted by molar-refractivity contribution is -0.167. The Morgan fingerprint density at radius 2 is 1.50 bits per heavy atom. The smallest absolute Gasteiger partial charge is 0.245 e. The molecule has 224 valence electrons. The van der Waals surface area contributed by atoms with E-state index in [-0.39, 0.29) is 34.9 Å². The highest BCUT2D eigenvalue weighted by Crippen LogP contribution is 2.27. The van der Waals surface area contributed by atoms with Gasteiger partial charge in [0, 0.05) is 31.2 Å². The molecule has 0 aliphatic carbocycles. The molecule has 0 spiro atoms. The Morgan fingerprint density at radius 1 is 0.857 bits per heavy atom. The molecule has 2 amide bonds. The van der Waals surface area contributed by atoms with Crippen LogP contribution < -0.4 is 5.14 Å². The Kier molecular flexibility index (Phi) is 12.3. The van der Waals surface area contributed by atoms with E-state index in [1.165, 1.54) is 23.0 Å². The number of amides is 2. The van der Waals surface area contributed by atoms with Crippen LogP contribution >= 0.6 is 11.8 Å². The van der Waals surface area contributed by atoms with Crippen molar-refractivity contribution in [3.8, 4) is 11.1 Å². The Labute approximate surface area is 253 Å². The molecule has 0 saturated heterocycles. The fraction of sp³-hybridized carbons (Fsp3) is 0.344. The molecule has 3 aromatic carbocycles. The normalized spacial score (nSPS) is 12.0. The molecule has 1 unspecified atom stereocenters. The van der Waals surface area contributed by atoms with Gasteiger partial charge in [0.1, 0.15) is 0 Å². The number of nitrogens with two attached hydrogens (primary N) is 1. The Balaban J connectivity index is 1.92. The van der Waals surface area contributed by atoms with Crippen LogP contribution in [0.5, 0.6) is 0 Å². The van der Waals surface area contributed by atoms with Crippen LogP contribution in [-0.4, -0.2) is 47.7 Å². The summed E-state index contributed by atoms with van der Waals surface area (Å²) in [5.41, 5.74) is 2.91. The van der Waals surface area contributed by atoms with Crippen LogP contribution in [0.15, 0.2) is 83.8 Å². The van der Waals surface area contributed by atoms with Crippen molar-refractivity contribution in [2.75, 3.05) is 12.3 Å². The lowest BCUT2D eigenvalue weighted by Crippen LogP contribution is -2.52. The third-order valence-corrected chi connectivity index (χ3v) is 8.77. The third kappa shape index (κ3) is 9.27. The van der Waals surface area contributed by atoms with Gasteiger partial charge in [-0.3, -0.25) is 19.4 Å². The summed E-state index contributed by atoms with van der Waals surface area (Å²) >= 11 is 1.11. The Morgan fingerprint density at radius 3 is 2.10 bits per heavy atom. The largest absolute Gasteiger partial charge is 0.288 e. The minimum atomic E-state index is -3.92. The maximum Gasteiger partial charge on any atom is 0.245 e. The van der Waals surface area contributed by atoms with Crippen molar-refractivity contribution < 1.29 is 22.8 Å². The van der Waals surface area contributed by atoms with E-state index >= 15 is 0 Å². The minimum Gasteiger partial charge on any atom is -0.288 e. The average molecular weight is 610 g/mol. The van der Waals surface area contributed by atoms with Crippen molar-refractivity contribution in [1.82, 2.24) is 10.0 Å². The first-order valence-corrected chi connectivity index (χ1v) is 16.6. The van der Waals surface area contributed by atoms with E-state index in [1.54, 1.807) is 30.3 Å². The number of unbranched alkanes of at least 4 members (excludes halogenated alkanes) is 1. The van der Waals surface area contributed by atoms with E-state index in [9.17, 15) is 22.8 Å². The summed E-state index contributed by atoms with van der Waals surface area (Å²) in [6.45, 7) is 5.78. The van der Waals surface area contributed by atoms with E-state index in [0.29, 0.717) is 36.1 Å². The number of hydrogen-bond acceptors (Lipinski definition) is 6. The predicted octanol–water partition coefficient (Wildman–Crippen LogP) is 5.42. The first-order valence-electron chi connectivity index (χ1n) is 14.0. The van der Waals surface area contributed by atoms with Gasteiger partial charge in [-0.15, -0.1) is 0 Å². The number of nitrogens with zero attached hydrogens (tertiary/aromatic N) is 2. The van der Waals surface area contributed by atoms with Gasteiger partial charge in [0.05, 0.1) is 17.4 Å². The molecule has 0 fully saturated rings. The zero-order valence-electron chi connectivity index (χ0n) is 24.4. The second-order valence-electron chi connectivity index (χ2n) is 10.0. The average Bonchev–Trinajstić information content (AvgIpc) is 2.98. The summed E-state index contributed by atoms with van der Waals surface area (Å²) in [7, 11) is -3.92. The number of carbonyl (C=O) groups is 3. The van der Waals surface area contributed by atoms with Crippen LogP contribution in [0, 0.1) is 5.92 Å². The van der Waals surface area contributed by atoms with Crippen LogP contribution in [0.4, 0.5) is 0 Å². The van der Waals surface area contributed by atoms with Crippen molar-refractivity contribution in [2.24, 2.45) is 11.1 Å². The SMILES string of the molecule is CCCCC(=O)N(Cc1ccc(-c2ccccc2S(N)(=O)=O)cc1)N(CC)C(=O)C(CSC(C)=O)Cc1ccccc1. The Bertz CT molecular complexity index is 1460. The van der Waals surface area contributed by atoms with Crippen LogP contribution in [0.1, 0.15) is 51.2 Å². The van der Waals surface area contributed by atoms with Gasteiger partial charge in [0.2, 0.25) is 21.8 Å². The van der Waals surface area contributed by atoms with Gasteiger partial charge in [-0.2, -0.15) is 0 Å². The summed E-state index contributed by atoms with van der Waals surface area (Å²) < 4.78 is 24.2. The fourth-order valence-electron chi connectivity index (χ4n) is 4.67. The lowest BCUT2D eigenvalue weighted by Gasteiger charge is -2.36. The molecule has 0 radical (unpaired) electrons. The number of hydrazine groups is 1. The van der Waals surface area contributed by atoms with Crippen LogP contribution in [0.25, 0.3) is 11.1 Å². The summed E-state index contributed by atoms with van der Waals surface area (Å²) in [4.78, 5) is 39.3. The van der Waals surface area contributed by atoms with Gasteiger partial charge >= 0.3 is 0 Å². The molecular formula is C32H39N3O5S2. The lowest BCUT2D eigenvalue weighted by atomic mass is 10.00. The van der Waals surface area contributed by atoms with Gasteiger partial charge in [0.25, 0.3) is 0 Å². The van der Waals surface area contributed by atoms with Crippen molar-refractivity contribution in [3.05, 3.63) is 90.0 Å². The number of thioether (sulfide) groups is 1. The molecule has 2 N–H and O–H groups in total. The van der Waals surface area contributed by atoms with Crippen molar-refractivity contribution >= 4 is 38.7 Å². The molecule has 10 heteroatoms. The molecule has 1 atom stereocenters. The summed E-state index contributed by atoms with van der Waals surface area (Å²) in [5.74, 6) is -0.554. The number of hydrogen-bond donors (Lipinski definition) is 1. The standard InChI is InChI=1S/C32H39N3O5S2/c1-4-6-16-31(37)35(22-26-17-19-27(20-18-26)29-14-10-11-15-30(29)42(33,39)40)34(5-2)32(38)28(23-41-24(3)36)21-25-12-8-7-9-13-25/h7-15,17-20,28H,4-6,16,21-23H2,1-3H3,(H2,33,39,40). The van der Waals surface area contributed by atoms with E-state index in [2.05, 4.69) is 0 Å². The van der Waals surface area contributed by atoms with Gasteiger partial charge in [-0.1, -0.05) is 97.9 Å². The zero-order chi connectivity index (χ0) is 30.7. The second kappa shape index (κ2) is 15.7. The van der Waals surface area contributed by atoms with Gasteiger partial charge in [0.15, 0.2) is 5.12 Å². The van der Waals surface area contributed by atoms with E-state index < -0.39 is 15.9 Å². The topological polar surface area (TPSA) is 118 Å². The molecule has 0 saturated carbocycles. The summed E-state index contributed by atoms with van der Waals surface area (Å²) in [6.07, 6.45) is 2.28. The van der Waals surface area contributed by atoms with E-state index in [1.807, 2.05) is 56.3 Å². The van der Waals surface area contributed by atoms with Gasteiger partial charge in [-0.25, -0.2) is 18.6 Å². The van der Waals surface area contributed by atoms with Crippen LogP contribution in [-0.2, 0) is 37.4 Å². The molecule has 8 nitrogen and oxygen atoms in total. The molecule has 0 aliphatic heterocycles. The maximum atomic E-state index is 14.0. The molecule has 0 heterocycles. The van der Waals surface area contributed by atoms with E-state index in [4.69, 9.17) is 5.14 Å². The van der Waals surface area contributed by atoms with Crippen molar-refractivity contribution in [2.45, 2.75) is 57.9 Å². The molecule has 42 heavy (non-hydrogen) atoms. The molecule has 0 aromatic heterocycles. The first-order chi connectivity index (χ1) is 20.0. The summed E-state index contributed by atoms with van der Waals surface area (Å²) in [5, 5.41) is 8.38. The monoisotopic (exact) mass is 609 g/mol. The fourth-order valence-corrected chi connectivity index (χ4v) is 6.13. The number of primary sulfonamides is 1. The molecule has 0 aliphatic rings. The molecule has 3 aromatic rings. The molecule has 3 rings (SSSR count). The van der Waals surface area contributed by atoms with Crippen LogP contribution in [0.3, 0.4) is 0 Å². The Hall–Kier alpha value is -3.47. The number of rotatable bonds is 13. The zero-order valence-corrected chi connectivity index (χ0v) is 26.0. The second-order valence-corrected chi connectivity index (χ2v) is 12.8. The van der Waals surface area contributed by atoms with Crippen molar-refractivity contribution in [1.29, 1.82) is 0 Å². The first kappa shape index (κ1) is 33.0. The predicted molar refractivity (Wildman–Crippen MR) is 167 cm³/mol. The third-order valence-electron chi connectivity index (χ3n) is 6.83. The minimum absolute atomic E-state index is 0.0322. The van der Waals surface area contributed by atoms with Gasteiger partial charge in [-0.05, 0) is 42.5 Å². The number of carbonyl (C=O) groups excluding carboxylic acids is 3. The number of benzene rings is 3. The van der Waals surface area contributed by atoms with Gasteiger partial charge < -0.3 is 0 Å². The van der Waals surface area contributed by atoms with Crippen molar-refractivity contribution in [3.63, 3.8) is 0 Å². The number of sulfonamides is 1. The molecular weight excluding hydrogens is 571 g/mol. The highest BCUT2D eigenvalue weighted by Gasteiger charge is 2.31. The highest BCUT2D eigenvalue weighted by molar-refractivity contribution is 8.13. The van der Waals surface area contributed by atoms with E-state index in [0.717, 1.165) is 29.3 Å². The van der Waals surface area contributed by atoms with Crippen LogP contribution in [0.2, 0.25) is 0 Å². The summed E-state index contributed by atoms with van der Waals surface area (Å²) in [6, 6.07) is 23.4. The maximum absolute atomic E-state index is 14.0. The highest BCUT2D eigenvalue weighted by atomic mass is 32.2. The quantitative estimate of drug-likeness (QED) is 0.259.